The lowest BCUT2D eigenvalue weighted by Crippen LogP contribution is -1.91. The predicted octanol–water partition coefficient (Wildman–Crippen LogP) is 2.31. The smallest absolute Gasteiger partial charge is 0.106 e. The van der Waals surface area contributed by atoms with Gasteiger partial charge >= 0.3 is 0 Å². The summed E-state index contributed by atoms with van der Waals surface area (Å²) in [5, 5.41) is 8.75. The lowest BCUT2D eigenvalue weighted by atomic mass is 10.1. The zero-order valence-electron chi connectivity index (χ0n) is 9.40. The van der Waals surface area contributed by atoms with Crippen LogP contribution in [0.5, 0.6) is 0 Å². The van der Waals surface area contributed by atoms with Crippen LogP contribution in [0.15, 0.2) is 30.5 Å². The molecule has 0 aliphatic rings. The number of hydrogen-bond donors (Lipinski definition) is 2. The van der Waals surface area contributed by atoms with Gasteiger partial charge in [-0.15, -0.1) is 0 Å². The molecule has 3 nitrogen and oxygen atoms in total. The Bertz CT molecular complexity index is 462. The van der Waals surface area contributed by atoms with E-state index in [2.05, 4.69) is 29.0 Å². The van der Waals surface area contributed by atoms with Crippen LogP contribution in [0.25, 0.3) is 11.3 Å². The van der Waals surface area contributed by atoms with Crippen molar-refractivity contribution in [3.63, 3.8) is 0 Å². The van der Waals surface area contributed by atoms with Crippen LogP contribution in [0.4, 0.5) is 0 Å². The van der Waals surface area contributed by atoms with Gasteiger partial charge in [0.2, 0.25) is 0 Å². The molecule has 1 aromatic heterocycles. The van der Waals surface area contributed by atoms with Gasteiger partial charge in [0, 0.05) is 18.6 Å². The summed E-state index contributed by atoms with van der Waals surface area (Å²) in [4.78, 5) is 7.59. The molecule has 2 N–H and O–H groups in total. The fourth-order valence-electron chi connectivity index (χ4n) is 1.75. The van der Waals surface area contributed by atoms with Gasteiger partial charge in [0.15, 0.2) is 0 Å². The van der Waals surface area contributed by atoms with Crippen LogP contribution in [0.2, 0.25) is 0 Å². The van der Waals surface area contributed by atoms with E-state index in [0.29, 0.717) is 0 Å². The Balaban J connectivity index is 2.22. The molecule has 0 bridgehead atoms. The second-order valence-electron chi connectivity index (χ2n) is 3.89. The molecule has 0 unspecified atom stereocenters. The third-order valence-corrected chi connectivity index (χ3v) is 2.64. The number of benzene rings is 1. The van der Waals surface area contributed by atoms with E-state index in [9.17, 15) is 0 Å². The highest BCUT2D eigenvalue weighted by Crippen LogP contribution is 2.21. The van der Waals surface area contributed by atoms with Crippen LogP contribution in [0, 0.1) is 6.92 Å². The third-order valence-electron chi connectivity index (χ3n) is 2.64. The van der Waals surface area contributed by atoms with Crippen LogP contribution in [-0.4, -0.2) is 21.7 Å². The van der Waals surface area contributed by atoms with Crippen molar-refractivity contribution in [1.82, 2.24) is 9.97 Å². The van der Waals surface area contributed by atoms with Crippen molar-refractivity contribution in [2.24, 2.45) is 0 Å². The fraction of sp³-hybridized carbons (Fsp3) is 0.308. The molecule has 0 spiro atoms. The number of aromatic nitrogens is 2. The van der Waals surface area contributed by atoms with Crippen LogP contribution in [0.3, 0.4) is 0 Å². The largest absolute Gasteiger partial charge is 0.396 e. The van der Waals surface area contributed by atoms with Gasteiger partial charge in [-0.1, -0.05) is 24.3 Å². The molecule has 0 saturated carbocycles. The third kappa shape index (κ3) is 2.31. The average Bonchev–Trinajstić information content (AvgIpc) is 2.75. The molecule has 0 atom stereocenters. The highest BCUT2D eigenvalue weighted by Gasteiger charge is 2.04. The van der Waals surface area contributed by atoms with Crippen molar-refractivity contribution < 1.29 is 5.11 Å². The minimum Gasteiger partial charge on any atom is -0.396 e. The Hall–Kier alpha value is -1.61. The molecule has 0 saturated heterocycles. The Kier molecular flexibility index (Phi) is 3.37. The van der Waals surface area contributed by atoms with Crippen molar-refractivity contribution in [2.75, 3.05) is 6.61 Å². The van der Waals surface area contributed by atoms with Crippen LogP contribution in [0.1, 0.15) is 17.8 Å². The van der Waals surface area contributed by atoms with Gasteiger partial charge in [0.05, 0.1) is 11.9 Å². The Morgan fingerprint density at radius 2 is 2.12 bits per heavy atom. The standard InChI is InChI=1S/C13H16N2O/c1-10-5-2-3-6-11(10)12-9-14-13(15-12)7-4-8-16/h2-3,5-6,9,16H,4,7-8H2,1H3,(H,14,15). The number of rotatable bonds is 4. The molecule has 0 radical (unpaired) electrons. The molecular weight excluding hydrogens is 200 g/mol. The summed E-state index contributed by atoms with van der Waals surface area (Å²) in [6.07, 6.45) is 3.40. The van der Waals surface area contributed by atoms with E-state index >= 15 is 0 Å². The Morgan fingerprint density at radius 1 is 1.31 bits per heavy atom. The van der Waals surface area contributed by atoms with Gasteiger partial charge in [-0.3, -0.25) is 0 Å². The fourth-order valence-corrected chi connectivity index (χ4v) is 1.75. The molecule has 84 valence electrons. The molecule has 1 heterocycles. The van der Waals surface area contributed by atoms with E-state index in [1.165, 1.54) is 11.1 Å². The lowest BCUT2D eigenvalue weighted by molar-refractivity contribution is 0.287. The van der Waals surface area contributed by atoms with E-state index < -0.39 is 0 Å². The number of aryl methyl sites for hydroxylation is 2. The zero-order chi connectivity index (χ0) is 11.4. The van der Waals surface area contributed by atoms with Crippen molar-refractivity contribution in [3.8, 4) is 11.3 Å². The summed E-state index contributed by atoms with van der Waals surface area (Å²) in [5.74, 6) is 0.937. The summed E-state index contributed by atoms with van der Waals surface area (Å²) in [7, 11) is 0. The molecule has 1 aromatic carbocycles. The quantitative estimate of drug-likeness (QED) is 0.824. The van der Waals surface area contributed by atoms with Crippen LogP contribution in [-0.2, 0) is 6.42 Å². The molecule has 0 aliphatic carbocycles. The van der Waals surface area contributed by atoms with E-state index in [0.717, 1.165) is 24.4 Å². The number of nitrogens with one attached hydrogen (secondary N) is 1. The van der Waals surface area contributed by atoms with E-state index in [1.54, 1.807) is 0 Å². The van der Waals surface area contributed by atoms with Gasteiger partial charge < -0.3 is 10.1 Å². The van der Waals surface area contributed by atoms with Crippen molar-refractivity contribution in [2.45, 2.75) is 19.8 Å². The summed E-state index contributed by atoms with van der Waals surface area (Å²) < 4.78 is 0. The van der Waals surface area contributed by atoms with E-state index in [1.807, 2.05) is 18.3 Å². The molecule has 0 aliphatic heterocycles. The maximum Gasteiger partial charge on any atom is 0.106 e. The minimum absolute atomic E-state index is 0.209. The number of aliphatic hydroxyl groups is 1. The molecule has 2 aromatic rings. The van der Waals surface area contributed by atoms with Gasteiger partial charge in [0.25, 0.3) is 0 Å². The average molecular weight is 216 g/mol. The van der Waals surface area contributed by atoms with E-state index in [4.69, 9.17) is 5.11 Å². The lowest BCUT2D eigenvalue weighted by Gasteiger charge is -2.01. The molecular formula is C13H16N2O. The van der Waals surface area contributed by atoms with Crippen LogP contribution < -0.4 is 0 Å². The van der Waals surface area contributed by atoms with Gasteiger partial charge in [-0.2, -0.15) is 0 Å². The second-order valence-corrected chi connectivity index (χ2v) is 3.89. The summed E-state index contributed by atoms with van der Waals surface area (Å²) >= 11 is 0. The molecule has 2 rings (SSSR count). The molecule has 16 heavy (non-hydrogen) atoms. The van der Waals surface area contributed by atoms with Crippen molar-refractivity contribution in [1.29, 1.82) is 0 Å². The topological polar surface area (TPSA) is 48.9 Å². The number of aromatic amines is 1. The van der Waals surface area contributed by atoms with Crippen molar-refractivity contribution >= 4 is 0 Å². The van der Waals surface area contributed by atoms with E-state index in [-0.39, 0.29) is 6.61 Å². The monoisotopic (exact) mass is 216 g/mol. The van der Waals surface area contributed by atoms with Crippen LogP contribution >= 0.6 is 0 Å². The summed E-state index contributed by atoms with van der Waals surface area (Å²) in [6, 6.07) is 8.22. The normalized spacial score (nSPS) is 10.6. The zero-order valence-corrected chi connectivity index (χ0v) is 9.40. The number of hydrogen-bond acceptors (Lipinski definition) is 2. The number of aliphatic hydroxyl groups excluding tert-OH is 1. The minimum atomic E-state index is 0.209. The SMILES string of the molecule is Cc1ccccc1-c1cnc(CCCO)[nH]1. The molecule has 0 amide bonds. The summed E-state index contributed by atoms with van der Waals surface area (Å²) in [5.41, 5.74) is 3.47. The predicted molar refractivity (Wildman–Crippen MR) is 64.2 cm³/mol. The Labute approximate surface area is 95.2 Å². The maximum atomic E-state index is 8.75. The van der Waals surface area contributed by atoms with Gasteiger partial charge in [-0.05, 0) is 18.9 Å². The number of H-pyrrole nitrogens is 1. The highest BCUT2D eigenvalue weighted by molar-refractivity contribution is 5.62. The molecule has 3 heteroatoms. The first kappa shape index (κ1) is 10.9. The maximum absolute atomic E-state index is 8.75. The first-order chi connectivity index (χ1) is 7.81. The Morgan fingerprint density at radius 3 is 2.88 bits per heavy atom. The summed E-state index contributed by atoms with van der Waals surface area (Å²) in [6.45, 7) is 2.30. The molecule has 0 fully saturated rings. The first-order valence-corrected chi connectivity index (χ1v) is 5.52. The number of nitrogens with zero attached hydrogens (tertiary/aromatic N) is 1. The van der Waals surface area contributed by atoms with Crippen molar-refractivity contribution in [3.05, 3.63) is 41.9 Å². The second kappa shape index (κ2) is 4.94. The number of imidazole rings is 1. The van der Waals surface area contributed by atoms with Gasteiger partial charge in [-0.25, -0.2) is 4.98 Å². The highest BCUT2D eigenvalue weighted by atomic mass is 16.2. The van der Waals surface area contributed by atoms with Gasteiger partial charge in [0.1, 0.15) is 5.82 Å². The first-order valence-electron chi connectivity index (χ1n) is 5.52.